The molecule has 0 atom stereocenters. The Kier molecular flexibility index (Phi) is 5.38. The number of alkyl halides is 3. The number of halogens is 3. The average Bonchev–Trinajstić information content (AvgIpc) is 3.14. The van der Waals surface area contributed by atoms with Crippen LogP contribution >= 0.6 is 11.3 Å². The molecule has 2 aromatic carbocycles. The highest BCUT2D eigenvalue weighted by molar-refractivity contribution is 7.93. The first kappa shape index (κ1) is 19.8. The molecule has 0 radical (unpaired) electrons. The topological polar surface area (TPSA) is 88.2 Å². The molecule has 0 unspecified atom stereocenters. The molecule has 28 heavy (non-hydrogen) atoms. The molecule has 1 amide bonds. The number of anilines is 2. The van der Waals surface area contributed by atoms with Crippen molar-refractivity contribution >= 4 is 38.1 Å². The maximum atomic E-state index is 12.6. The number of aromatic nitrogens is 1. The summed E-state index contributed by atoms with van der Waals surface area (Å²) in [5.41, 5.74) is -0.528. The second-order valence-corrected chi connectivity index (χ2v) is 8.07. The van der Waals surface area contributed by atoms with E-state index in [1.807, 2.05) is 0 Å². The van der Waals surface area contributed by atoms with E-state index < -0.39 is 27.7 Å². The van der Waals surface area contributed by atoms with Gasteiger partial charge in [0.05, 0.1) is 10.5 Å². The number of carbonyl (C=O) groups excluding carboxylic acids is 1. The van der Waals surface area contributed by atoms with Gasteiger partial charge in [0.15, 0.2) is 5.13 Å². The Balaban J connectivity index is 1.69. The zero-order valence-corrected chi connectivity index (χ0v) is 15.5. The van der Waals surface area contributed by atoms with Gasteiger partial charge >= 0.3 is 6.18 Å². The van der Waals surface area contributed by atoms with Crippen molar-refractivity contribution < 1.29 is 26.4 Å². The van der Waals surface area contributed by atoms with Gasteiger partial charge in [-0.25, -0.2) is 13.4 Å². The summed E-state index contributed by atoms with van der Waals surface area (Å²) in [4.78, 5) is 15.9. The molecule has 0 aliphatic heterocycles. The van der Waals surface area contributed by atoms with Gasteiger partial charge in [-0.2, -0.15) is 13.2 Å². The van der Waals surface area contributed by atoms with Gasteiger partial charge in [-0.15, -0.1) is 11.3 Å². The lowest BCUT2D eigenvalue weighted by Crippen LogP contribution is -2.14. The van der Waals surface area contributed by atoms with Crippen LogP contribution in [0, 0.1) is 0 Å². The average molecular weight is 427 g/mol. The molecule has 3 rings (SSSR count). The fraction of sp³-hybridized carbons (Fsp3) is 0.0588. The summed E-state index contributed by atoms with van der Waals surface area (Å²) >= 11 is 1.13. The minimum absolute atomic E-state index is 0.0322. The van der Waals surface area contributed by atoms with Crippen molar-refractivity contribution in [2.75, 3.05) is 10.0 Å². The predicted molar refractivity (Wildman–Crippen MR) is 98.8 cm³/mol. The zero-order chi connectivity index (χ0) is 20.4. The predicted octanol–water partition coefficient (Wildman–Crippen LogP) is 4.22. The van der Waals surface area contributed by atoms with Crippen LogP contribution in [-0.4, -0.2) is 19.3 Å². The van der Waals surface area contributed by atoms with Crippen LogP contribution in [0.15, 0.2) is 65.0 Å². The highest BCUT2D eigenvalue weighted by Crippen LogP contribution is 2.29. The molecular weight excluding hydrogens is 415 g/mol. The van der Waals surface area contributed by atoms with Gasteiger partial charge in [0, 0.05) is 22.8 Å². The molecule has 0 fully saturated rings. The molecule has 1 heterocycles. The van der Waals surface area contributed by atoms with Crippen molar-refractivity contribution in [3.63, 3.8) is 0 Å². The van der Waals surface area contributed by atoms with Crippen LogP contribution in [0.4, 0.5) is 24.0 Å². The zero-order valence-electron chi connectivity index (χ0n) is 13.9. The third-order valence-corrected chi connectivity index (χ3v) is 5.72. The highest BCUT2D eigenvalue weighted by atomic mass is 32.2. The van der Waals surface area contributed by atoms with Crippen molar-refractivity contribution in [2.24, 2.45) is 0 Å². The summed E-state index contributed by atoms with van der Waals surface area (Å²) in [6.07, 6.45) is -3.02. The van der Waals surface area contributed by atoms with E-state index in [0.29, 0.717) is 0 Å². The van der Waals surface area contributed by atoms with Crippen LogP contribution in [0.1, 0.15) is 15.9 Å². The number of hydrogen-bond acceptors (Lipinski definition) is 5. The highest BCUT2D eigenvalue weighted by Gasteiger charge is 2.30. The van der Waals surface area contributed by atoms with Gasteiger partial charge < -0.3 is 5.32 Å². The van der Waals surface area contributed by atoms with Crippen molar-refractivity contribution in [3.05, 3.63) is 71.2 Å². The molecule has 3 aromatic rings. The molecule has 0 spiro atoms. The first-order valence-corrected chi connectivity index (χ1v) is 10.0. The molecule has 0 aliphatic rings. The van der Waals surface area contributed by atoms with E-state index >= 15 is 0 Å². The summed E-state index contributed by atoms with van der Waals surface area (Å²) in [5.74, 6) is -0.620. The second kappa shape index (κ2) is 7.60. The Morgan fingerprint density at radius 3 is 2.18 bits per heavy atom. The number of carbonyl (C=O) groups is 1. The molecular formula is C17H12F3N3O3S2. The molecule has 0 aliphatic carbocycles. The van der Waals surface area contributed by atoms with E-state index in [4.69, 9.17) is 0 Å². The molecule has 146 valence electrons. The Labute approximate surface area is 162 Å². The molecule has 1 aromatic heterocycles. The standard InChI is InChI=1S/C17H12F3N3O3S2/c18-17(19,20)12-3-1-11(2-4-12)15(24)22-13-5-7-14(8-6-13)28(25,26)23-16-21-9-10-27-16/h1-10H,(H,21,23)(H,22,24). The summed E-state index contributed by atoms with van der Waals surface area (Å²) in [5, 5.41) is 4.34. The lowest BCUT2D eigenvalue weighted by atomic mass is 10.1. The molecule has 2 N–H and O–H groups in total. The quantitative estimate of drug-likeness (QED) is 0.638. The Bertz CT molecular complexity index is 1060. The number of nitrogens with one attached hydrogen (secondary N) is 2. The molecule has 0 saturated heterocycles. The largest absolute Gasteiger partial charge is 0.416 e. The minimum Gasteiger partial charge on any atom is -0.322 e. The number of hydrogen-bond donors (Lipinski definition) is 2. The van der Waals surface area contributed by atoms with Crippen LogP contribution in [-0.2, 0) is 16.2 Å². The van der Waals surface area contributed by atoms with Crippen molar-refractivity contribution in [3.8, 4) is 0 Å². The Morgan fingerprint density at radius 2 is 1.64 bits per heavy atom. The fourth-order valence-corrected chi connectivity index (χ4v) is 3.97. The lowest BCUT2D eigenvalue weighted by molar-refractivity contribution is -0.137. The van der Waals surface area contributed by atoms with Gasteiger partial charge in [-0.3, -0.25) is 9.52 Å². The lowest BCUT2D eigenvalue weighted by Gasteiger charge is -2.09. The monoisotopic (exact) mass is 427 g/mol. The maximum Gasteiger partial charge on any atom is 0.416 e. The van der Waals surface area contributed by atoms with E-state index in [9.17, 15) is 26.4 Å². The van der Waals surface area contributed by atoms with E-state index in [1.54, 1.807) is 5.38 Å². The third-order valence-electron chi connectivity index (χ3n) is 3.55. The van der Waals surface area contributed by atoms with E-state index in [2.05, 4.69) is 15.0 Å². The summed E-state index contributed by atoms with van der Waals surface area (Å²) in [6, 6.07) is 9.08. The van der Waals surface area contributed by atoms with E-state index in [-0.39, 0.29) is 21.3 Å². The fourth-order valence-electron chi connectivity index (χ4n) is 2.18. The smallest absolute Gasteiger partial charge is 0.322 e. The van der Waals surface area contributed by atoms with Gasteiger partial charge in [0.1, 0.15) is 0 Å². The molecule has 6 nitrogen and oxygen atoms in total. The van der Waals surface area contributed by atoms with Crippen molar-refractivity contribution in [2.45, 2.75) is 11.1 Å². The summed E-state index contributed by atoms with van der Waals surface area (Å²) in [7, 11) is -3.82. The van der Waals surface area contributed by atoms with Gasteiger partial charge in [-0.05, 0) is 48.5 Å². The SMILES string of the molecule is O=C(Nc1ccc(S(=O)(=O)Nc2nccs2)cc1)c1ccc(C(F)(F)F)cc1. The van der Waals surface area contributed by atoms with Crippen LogP contribution in [0.5, 0.6) is 0 Å². The normalized spacial score (nSPS) is 11.8. The van der Waals surface area contributed by atoms with E-state index in [0.717, 1.165) is 35.6 Å². The first-order valence-electron chi connectivity index (χ1n) is 7.66. The van der Waals surface area contributed by atoms with Gasteiger partial charge in [-0.1, -0.05) is 0 Å². The molecule has 0 bridgehead atoms. The van der Waals surface area contributed by atoms with Crippen LogP contribution < -0.4 is 10.0 Å². The Morgan fingerprint density at radius 1 is 1.00 bits per heavy atom. The molecule has 11 heteroatoms. The van der Waals surface area contributed by atoms with Gasteiger partial charge in [0.25, 0.3) is 15.9 Å². The second-order valence-electron chi connectivity index (χ2n) is 5.50. The van der Waals surface area contributed by atoms with Crippen LogP contribution in [0.2, 0.25) is 0 Å². The minimum atomic E-state index is -4.48. The number of thiazole rings is 1. The van der Waals surface area contributed by atoms with Crippen molar-refractivity contribution in [1.82, 2.24) is 4.98 Å². The van der Waals surface area contributed by atoms with Gasteiger partial charge in [0.2, 0.25) is 0 Å². The number of rotatable bonds is 5. The number of nitrogens with zero attached hydrogens (tertiary/aromatic N) is 1. The molecule has 0 saturated carbocycles. The third kappa shape index (κ3) is 4.67. The number of benzene rings is 2. The first-order chi connectivity index (χ1) is 13.1. The summed E-state index contributed by atoms with van der Waals surface area (Å²) in [6.45, 7) is 0. The van der Waals surface area contributed by atoms with Crippen LogP contribution in [0.25, 0.3) is 0 Å². The Hall–Kier alpha value is -2.92. The van der Waals surface area contributed by atoms with E-state index in [1.165, 1.54) is 30.5 Å². The maximum absolute atomic E-state index is 12.6. The van der Waals surface area contributed by atoms with Crippen molar-refractivity contribution in [1.29, 1.82) is 0 Å². The number of sulfonamides is 1. The van der Waals surface area contributed by atoms with Crippen LogP contribution in [0.3, 0.4) is 0 Å². The summed E-state index contributed by atoms with van der Waals surface area (Å²) < 4.78 is 64.5. The number of amides is 1.